The standard InChI is InChI=1S/C15H20N2O4/c1-3-21-13(18)11-6-4-8-16-12(11)17-9-5-7-15(2,10-17)14(19)20/h4,6,8H,3,5,7,9-10H2,1-2H3,(H,19,20). The van der Waals surface area contributed by atoms with E-state index in [0.717, 1.165) is 6.42 Å². The summed E-state index contributed by atoms with van der Waals surface area (Å²) < 4.78 is 5.04. The number of ether oxygens (including phenoxy) is 1. The molecule has 1 unspecified atom stereocenters. The molecule has 1 N–H and O–H groups in total. The van der Waals surface area contributed by atoms with E-state index in [-0.39, 0.29) is 0 Å². The topological polar surface area (TPSA) is 79.7 Å². The molecular weight excluding hydrogens is 272 g/mol. The number of aliphatic carboxylic acids is 1. The molecule has 1 fully saturated rings. The normalized spacial score (nSPS) is 21.9. The van der Waals surface area contributed by atoms with Gasteiger partial charge in [0, 0.05) is 19.3 Å². The number of piperidine rings is 1. The highest BCUT2D eigenvalue weighted by Gasteiger charge is 2.39. The molecule has 0 bridgehead atoms. The maximum absolute atomic E-state index is 12.0. The molecule has 114 valence electrons. The highest BCUT2D eigenvalue weighted by atomic mass is 16.5. The van der Waals surface area contributed by atoms with E-state index >= 15 is 0 Å². The van der Waals surface area contributed by atoms with E-state index in [0.29, 0.717) is 37.5 Å². The van der Waals surface area contributed by atoms with Crippen molar-refractivity contribution in [3.8, 4) is 0 Å². The third-order valence-corrected chi connectivity index (χ3v) is 3.79. The zero-order valence-electron chi connectivity index (χ0n) is 12.3. The Kier molecular flexibility index (Phi) is 4.45. The van der Waals surface area contributed by atoms with Crippen LogP contribution in [0.2, 0.25) is 0 Å². The zero-order chi connectivity index (χ0) is 15.5. The Balaban J connectivity index is 2.29. The van der Waals surface area contributed by atoms with Gasteiger partial charge in [-0.05, 0) is 38.8 Å². The van der Waals surface area contributed by atoms with Gasteiger partial charge in [-0.1, -0.05) is 0 Å². The quantitative estimate of drug-likeness (QED) is 0.854. The molecule has 6 nitrogen and oxygen atoms in total. The van der Waals surface area contributed by atoms with Crippen LogP contribution in [0.4, 0.5) is 5.82 Å². The number of carboxylic acid groups (broad SMARTS) is 1. The molecular formula is C15H20N2O4. The van der Waals surface area contributed by atoms with Crippen molar-refractivity contribution >= 4 is 17.8 Å². The molecule has 6 heteroatoms. The predicted octanol–water partition coefficient (Wildman–Crippen LogP) is 1.95. The predicted molar refractivity (Wildman–Crippen MR) is 77.4 cm³/mol. The lowest BCUT2D eigenvalue weighted by molar-refractivity contribution is -0.148. The number of aromatic nitrogens is 1. The third kappa shape index (κ3) is 3.15. The van der Waals surface area contributed by atoms with Crippen molar-refractivity contribution < 1.29 is 19.4 Å². The minimum absolute atomic E-state index is 0.292. The Hall–Kier alpha value is -2.11. The first-order chi connectivity index (χ1) is 9.98. The van der Waals surface area contributed by atoms with E-state index in [1.165, 1.54) is 0 Å². The van der Waals surface area contributed by atoms with Gasteiger partial charge in [0.15, 0.2) is 0 Å². The fraction of sp³-hybridized carbons (Fsp3) is 0.533. The number of pyridine rings is 1. The SMILES string of the molecule is CCOC(=O)c1cccnc1N1CCCC(C)(C(=O)O)C1. The Morgan fingerprint density at radius 1 is 1.52 bits per heavy atom. The molecule has 0 saturated carbocycles. The summed E-state index contributed by atoms with van der Waals surface area (Å²) in [6, 6.07) is 3.34. The molecule has 0 aliphatic carbocycles. The van der Waals surface area contributed by atoms with Gasteiger partial charge in [0.05, 0.1) is 12.0 Å². The maximum Gasteiger partial charge on any atom is 0.341 e. The van der Waals surface area contributed by atoms with E-state index in [1.54, 1.807) is 32.2 Å². The van der Waals surface area contributed by atoms with Gasteiger partial charge in [0.1, 0.15) is 11.4 Å². The van der Waals surface area contributed by atoms with Crippen molar-refractivity contribution in [3.63, 3.8) is 0 Å². The van der Waals surface area contributed by atoms with Crippen molar-refractivity contribution in [3.05, 3.63) is 23.9 Å². The number of anilines is 1. The van der Waals surface area contributed by atoms with Gasteiger partial charge in [-0.3, -0.25) is 4.79 Å². The van der Waals surface area contributed by atoms with Crippen LogP contribution in [-0.4, -0.2) is 41.7 Å². The molecule has 1 atom stereocenters. The lowest BCUT2D eigenvalue weighted by Gasteiger charge is -2.38. The fourth-order valence-electron chi connectivity index (χ4n) is 2.61. The molecule has 1 aromatic rings. The van der Waals surface area contributed by atoms with Crippen LogP contribution < -0.4 is 4.90 Å². The summed E-state index contributed by atoms with van der Waals surface area (Å²) in [5.74, 6) is -0.743. The summed E-state index contributed by atoms with van der Waals surface area (Å²) in [6.45, 7) is 4.79. The maximum atomic E-state index is 12.0. The minimum atomic E-state index is -0.819. The van der Waals surface area contributed by atoms with E-state index in [4.69, 9.17) is 4.74 Å². The summed E-state index contributed by atoms with van der Waals surface area (Å²) in [7, 11) is 0. The Morgan fingerprint density at radius 2 is 2.29 bits per heavy atom. The van der Waals surface area contributed by atoms with E-state index < -0.39 is 17.4 Å². The molecule has 0 spiro atoms. The largest absolute Gasteiger partial charge is 0.481 e. The van der Waals surface area contributed by atoms with Crippen LogP contribution in [0.1, 0.15) is 37.0 Å². The minimum Gasteiger partial charge on any atom is -0.481 e. The molecule has 21 heavy (non-hydrogen) atoms. The second-order valence-corrected chi connectivity index (χ2v) is 5.49. The molecule has 0 amide bonds. The number of rotatable bonds is 4. The zero-order valence-corrected chi connectivity index (χ0v) is 12.3. The fourth-order valence-corrected chi connectivity index (χ4v) is 2.61. The molecule has 2 heterocycles. The number of carbonyl (C=O) groups is 2. The van der Waals surface area contributed by atoms with Gasteiger partial charge >= 0.3 is 11.9 Å². The molecule has 0 aromatic carbocycles. The first-order valence-corrected chi connectivity index (χ1v) is 7.08. The lowest BCUT2D eigenvalue weighted by Crippen LogP contribution is -2.46. The van der Waals surface area contributed by atoms with Crippen molar-refractivity contribution in [2.45, 2.75) is 26.7 Å². The van der Waals surface area contributed by atoms with Gasteiger partial charge in [-0.15, -0.1) is 0 Å². The summed E-state index contributed by atoms with van der Waals surface area (Å²) in [6.07, 6.45) is 2.98. The van der Waals surface area contributed by atoms with Gasteiger partial charge < -0.3 is 14.7 Å². The molecule has 1 saturated heterocycles. The Bertz CT molecular complexity index is 546. The highest BCUT2D eigenvalue weighted by molar-refractivity contribution is 5.95. The molecule has 0 radical (unpaired) electrons. The second kappa shape index (κ2) is 6.11. The smallest absolute Gasteiger partial charge is 0.341 e. The summed E-state index contributed by atoms with van der Waals surface area (Å²) >= 11 is 0. The van der Waals surface area contributed by atoms with Crippen molar-refractivity contribution in [2.75, 3.05) is 24.6 Å². The van der Waals surface area contributed by atoms with Crippen LogP contribution in [-0.2, 0) is 9.53 Å². The lowest BCUT2D eigenvalue weighted by atomic mass is 9.82. The van der Waals surface area contributed by atoms with E-state index in [1.807, 2.05) is 4.90 Å². The van der Waals surface area contributed by atoms with Crippen molar-refractivity contribution in [1.82, 2.24) is 4.98 Å². The van der Waals surface area contributed by atoms with Crippen LogP contribution >= 0.6 is 0 Å². The van der Waals surface area contributed by atoms with Crippen LogP contribution in [0, 0.1) is 5.41 Å². The molecule has 1 aliphatic heterocycles. The average molecular weight is 292 g/mol. The van der Waals surface area contributed by atoms with E-state index in [9.17, 15) is 14.7 Å². The highest BCUT2D eigenvalue weighted by Crippen LogP contribution is 2.33. The average Bonchev–Trinajstić information content (AvgIpc) is 2.47. The second-order valence-electron chi connectivity index (χ2n) is 5.49. The van der Waals surface area contributed by atoms with Crippen molar-refractivity contribution in [2.24, 2.45) is 5.41 Å². The number of hydrogen-bond acceptors (Lipinski definition) is 5. The Morgan fingerprint density at radius 3 is 2.95 bits per heavy atom. The molecule has 2 rings (SSSR count). The summed E-state index contributed by atoms with van der Waals surface area (Å²) in [5, 5.41) is 9.39. The number of esters is 1. The van der Waals surface area contributed by atoms with Crippen LogP contribution in [0.25, 0.3) is 0 Å². The third-order valence-electron chi connectivity index (χ3n) is 3.79. The van der Waals surface area contributed by atoms with Gasteiger partial charge in [-0.2, -0.15) is 0 Å². The first kappa shape index (κ1) is 15.3. The summed E-state index contributed by atoms with van der Waals surface area (Å²) in [5.41, 5.74) is -0.434. The van der Waals surface area contributed by atoms with Crippen LogP contribution in [0.15, 0.2) is 18.3 Å². The van der Waals surface area contributed by atoms with Crippen LogP contribution in [0.3, 0.4) is 0 Å². The number of carboxylic acids is 1. The molecule has 1 aromatic heterocycles. The number of carbonyl (C=O) groups excluding carboxylic acids is 1. The van der Waals surface area contributed by atoms with Crippen LogP contribution in [0.5, 0.6) is 0 Å². The number of nitrogens with zero attached hydrogens (tertiary/aromatic N) is 2. The van der Waals surface area contributed by atoms with Gasteiger partial charge in [0.25, 0.3) is 0 Å². The Labute approximate surface area is 123 Å². The van der Waals surface area contributed by atoms with E-state index in [2.05, 4.69) is 4.98 Å². The van der Waals surface area contributed by atoms with Gasteiger partial charge in [-0.25, -0.2) is 9.78 Å². The first-order valence-electron chi connectivity index (χ1n) is 7.08. The summed E-state index contributed by atoms with van der Waals surface area (Å²) in [4.78, 5) is 29.6. The number of hydrogen-bond donors (Lipinski definition) is 1. The molecule has 1 aliphatic rings. The van der Waals surface area contributed by atoms with Gasteiger partial charge in [0.2, 0.25) is 0 Å². The van der Waals surface area contributed by atoms with Crippen molar-refractivity contribution in [1.29, 1.82) is 0 Å². The monoisotopic (exact) mass is 292 g/mol.